The molecule has 1 N–H and O–H groups in total. The predicted molar refractivity (Wildman–Crippen MR) is 115 cm³/mol. The van der Waals surface area contributed by atoms with Crippen molar-refractivity contribution in [2.24, 2.45) is 0 Å². The van der Waals surface area contributed by atoms with Crippen LogP contribution < -0.4 is 4.74 Å². The number of hydrogen-bond donors (Lipinski definition) is 1. The number of carbonyl (C=O) groups is 1. The molecule has 0 fully saturated rings. The summed E-state index contributed by atoms with van der Waals surface area (Å²) < 4.78 is 36.8. The standard InChI is InChI=1S/C22H27N2O6S/c1-28-20-8-9-21-19(14-20)16-23(10-13-31-21)15-17-4-6-18(7-5-17)22(25)29-11-2-3-12-30-24(26)27/h4-9,14H,2-3,10-13,15-16H2,1H3,(H,26,27)/q+1/i15D,16D2. The van der Waals surface area contributed by atoms with Crippen LogP contribution in [0.2, 0.25) is 0 Å². The van der Waals surface area contributed by atoms with Crippen LogP contribution in [0, 0.1) is 4.91 Å². The molecule has 31 heavy (non-hydrogen) atoms. The van der Waals surface area contributed by atoms with Gasteiger partial charge in [-0.1, -0.05) is 12.1 Å². The molecule has 1 unspecified atom stereocenters. The number of methoxy groups -OCH3 is 1. The van der Waals surface area contributed by atoms with Gasteiger partial charge in [0.15, 0.2) is 6.61 Å². The number of thioether (sulfide) groups is 1. The van der Waals surface area contributed by atoms with E-state index in [4.69, 9.17) is 18.8 Å². The summed E-state index contributed by atoms with van der Waals surface area (Å²) in [5.74, 6) is 0.668. The number of ether oxygens (including phenoxy) is 2. The van der Waals surface area contributed by atoms with Crippen LogP contribution in [0.1, 0.15) is 38.4 Å². The largest absolute Gasteiger partial charge is 0.497 e. The molecule has 0 spiro atoms. The average Bonchev–Trinajstić information content (AvgIpc) is 2.95. The third kappa shape index (κ3) is 7.15. The predicted octanol–water partition coefficient (Wildman–Crippen LogP) is 3.84. The maximum atomic E-state index is 12.2. The fourth-order valence-corrected chi connectivity index (χ4v) is 3.82. The number of esters is 1. The van der Waals surface area contributed by atoms with Gasteiger partial charge in [0.1, 0.15) is 10.7 Å². The molecule has 166 valence electrons. The first-order chi connectivity index (χ1) is 16.2. The molecule has 9 heteroatoms. The van der Waals surface area contributed by atoms with Gasteiger partial charge >= 0.3 is 11.1 Å². The van der Waals surface area contributed by atoms with Gasteiger partial charge in [-0.05, 0) is 54.3 Å². The Bertz CT molecular complexity index is 1010. The van der Waals surface area contributed by atoms with Crippen molar-refractivity contribution >= 4 is 17.7 Å². The first-order valence-corrected chi connectivity index (χ1v) is 10.8. The summed E-state index contributed by atoms with van der Waals surface area (Å²) in [6, 6.07) is 11.7. The minimum absolute atomic E-state index is 0.0108. The summed E-state index contributed by atoms with van der Waals surface area (Å²) in [4.78, 5) is 29.1. The van der Waals surface area contributed by atoms with Gasteiger partial charge < -0.3 is 9.47 Å². The number of carbonyl (C=O) groups excluding carboxylic acids is 1. The molecule has 8 nitrogen and oxygen atoms in total. The second kappa shape index (κ2) is 11.6. The van der Waals surface area contributed by atoms with E-state index in [1.807, 2.05) is 6.07 Å². The van der Waals surface area contributed by atoms with Crippen molar-refractivity contribution in [2.45, 2.75) is 30.8 Å². The van der Waals surface area contributed by atoms with E-state index in [9.17, 15) is 9.70 Å². The Morgan fingerprint density at radius 1 is 1.26 bits per heavy atom. The minimum Gasteiger partial charge on any atom is -0.497 e. The van der Waals surface area contributed by atoms with E-state index in [2.05, 4.69) is 4.84 Å². The normalized spacial score (nSPS) is 17.8. The van der Waals surface area contributed by atoms with E-state index in [0.29, 0.717) is 47.6 Å². The number of benzene rings is 2. The summed E-state index contributed by atoms with van der Waals surface area (Å²) >= 11 is 1.55. The van der Waals surface area contributed by atoms with Gasteiger partial charge in [-0.25, -0.2) is 10.0 Å². The SMILES string of the molecule is [2H]C(c1ccc(C(=O)OCCCCO[N+](=O)O)cc1)N1CCSc2ccc(OC)cc2C1([2H])[2H]. The van der Waals surface area contributed by atoms with E-state index in [1.54, 1.807) is 48.2 Å². The highest BCUT2D eigenvalue weighted by Gasteiger charge is 2.16. The molecule has 1 heterocycles. The fraction of sp³-hybridized carbons (Fsp3) is 0.409. The van der Waals surface area contributed by atoms with Crippen molar-refractivity contribution in [2.75, 3.05) is 32.6 Å². The Labute approximate surface area is 189 Å². The van der Waals surface area contributed by atoms with Crippen LogP contribution in [-0.2, 0) is 22.6 Å². The molecule has 0 saturated heterocycles. The van der Waals surface area contributed by atoms with Gasteiger partial charge in [0.2, 0.25) is 0 Å². The van der Waals surface area contributed by atoms with Crippen molar-refractivity contribution in [3.63, 3.8) is 0 Å². The molecule has 2 aromatic carbocycles. The molecule has 0 bridgehead atoms. The van der Waals surface area contributed by atoms with E-state index < -0.39 is 24.1 Å². The number of nitrogens with zero attached hydrogens (tertiary/aromatic N) is 2. The van der Waals surface area contributed by atoms with E-state index >= 15 is 0 Å². The van der Waals surface area contributed by atoms with Gasteiger partial charge in [-0.15, -0.1) is 11.8 Å². The van der Waals surface area contributed by atoms with Gasteiger partial charge in [0.05, 0.1) is 19.3 Å². The van der Waals surface area contributed by atoms with E-state index in [1.165, 1.54) is 12.0 Å². The molecule has 0 aromatic heterocycles. The van der Waals surface area contributed by atoms with Crippen molar-refractivity contribution < 1.29 is 33.5 Å². The van der Waals surface area contributed by atoms with Crippen molar-refractivity contribution in [3.05, 3.63) is 64.1 Å². The fourth-order valence-electron chi connectivity index (χ4n) is 2.89. The zero-order valence-electron chi connectivity index (χ0n) is 20.2. The van der Waals surface area contributed by atoms with Crippen LogP contribution in [0.15, 0.2) is 47.4 Å². The third-order valence-electron chi connectivity index (χ3n) is 4.47. The zero-order chi connectivity index (χ0) is 24.7. The molecule has 0 saturated carbocycles. The third-order valence-corrected chi connectivity index (χ3v) is 5.52. The molecule has 1 aliphatic rings. The maximum Gasteiger partial charge on any atom is 0.475 e. The van der Waals surface area contributed by atoms with Crippen LogP contribution in [0.25, 0.3) is 0 Å². The lowest BCUT2D eigenvalue weighted by Crippen LogP contribution is -2.24. The highest BCUT2D eigenvalue weighted by atomic mass is 32.2. The summed E-state index contributed by atoms with van der Waals surface area (Å²) in [7, 11) is 1.53. The summed E-state index contributed by atoms with van der Waals surface area (Å²) in [5, 5.41) is 7.71. The highest BCUT2D eigenvalue weighted by molar-refractivity contribution is 7.99. The Kier molecular flexibility index (Phi) is 7.07. The maximum absolute atomic E-state index is 12.2. The molecule has 0 aliphatic carbocycles. The Balaban J connectivity index is 1.64. The molecule has 0 radical (unpaired) electrons. The molecule has 1 aliphatic heterocycles. The molecule has 2 aromatic rings. The number of fused-ring (bicyclic) bond motifs is 1. The molecular formula is C22H27N2O6S+. The quantitative estimate of drug-likeness (QED) is 0.332. The number of unbranched alkanes of at least 4 members (excludes halogenated alkanes) is 1. The summed E-state index contributed by atoms with van der Waals surface area (Å²) in [6.45, 7) is -2.36. The van der Waals surface area contributed by atoms with Crippen molar-refractivity contribution in [1.82, 2.24) is 4.90 Å². The van der Waals surface area contributed by atoms with Crippen LogP contribution in [0.3, 0.4) is 0 Å². The van der Waals surface area contributed by atoms with Crippen LogP contribution in [-0.4, -0.2) is 53.8 Å². The molecule has 1 atom stereocenters. The molecule has 3 rings (SSSR count). The topological polar surface area (TPSA) is 88.3 Å². The van der Waals surface area contributed by atoms with Crippen molar-refractivity contribution in [3.8, 4) is 5.75 Å². The van der Waals surface area contributed by atoms with Crippen molar-refractivity contribution in [1.29, 1.82) is 0 Å². The highest BCUT2D eigenvalue weighted by Crippen LogP contribution is 2.31. The second-order valence-corrected chi connectivity index (χ2v) is 7.82. The lowest BCUT2D eigenvalue weighted by atomic mass is 10.1. The van der Waals surface area contributed by atoms with E-state index in [0.717, 1.165) is 4.90 Å². The van der Waals surface area contributed by atoms with Crippen LogP contribution >= 0.6 is 11.8 Å². The van der Waals surface area contributed by atoms with Crippen LogP contribution in [0.4, 0.5) is 0 Å². The Hall–Kier alpha value is -2.78. The summed E-state index contributed by atoms with van der Waals surface area (Å²) in [6.07, 6.45) is 0.887. The van der Waals surface area contributed by atoms with Crippen LogP contribution in [0.5, 0.6) is 5.75 Å². The summed E-state index contributed by atoms with van der Waals surface area (Å²) in [5.41, 5.74) is 1.34. The van der Waals surface area contributed by atoms with Gasteiger partial charge in [-0.2, -0.15) is 4.84 Å². The van der Waals surface area contributed by atoms with Gasteiger partial charge in [-0.3, -0.25) is 4.90 Å². The zero-order valence-corrected chi connectivity index (χ0v) is 18.0. The monoisotopic (exact) mass is 450 g/mol. The smallest absolute Gasteiger partial charge is 0.475 e. The second-order valence-electron chi connectivity index (χ2n) is 6.68. The van der Waals surface area contributed by atoms with E-state index in [-0.39, 0.29) is 13.2 Å². The Morgan fingerprint density at radius 2 is 2.03 bits per heavy atom. The first-order valence-electron chi connectivity index (χ1n) is 11.4. The van der Waals surface area contributed by atoms with Gasteiger partial charge in [0, 0.05) is 34.3 Å². The average molecular weight is 451 g/mol. The first kappa shape index (κ1) is 18.9. The van der Waals surface area contributed by atoms with Gasteiger partial charge in [0.25, 0.3) is 0 Å². The molecule has 0 amide bonds. The lowest BCUT2D eigenvalue weighted by Gasteiger charge is -2.20. The minimum atomic E-state index is -1.89. The number of hydrogen-bond acceptors (Lipinski definition) is 7. The number of rotatable bonds is 10. The lowest BCUT2D eigenvalue weighted by molar-refractivity contribution is -0.975. The Morgan fingerprint density at radius 3 is 2.77 bits per heavy atom. The molecular weight excluding hydrogens is 420 g/mol.